The second kappa shape index (κ2) is 7.21. The summed E-state index contributed by atoms with van der Waals surface area (Å²) in [6.45, 7) is 0. The largest absolute Gasteiger partial charge is 0.496 e. The Labute approximate surface area is 154 Å². The van der Waals surface area contributed by atoms with Crippen molar-refractivity contribution in [3.05, 3.63) is 57.6 Å². The lowest BCUT2D eigenvalue weighted by molar-refractivity contribution is -0.128. The molecule has 0 bridgehead atoms. The molecule has 1 aliphatic heterocycles. The van der Waals surface area contributed by atoms with Gasteiger partial charge in [-0.1, -0.05) is 23.2 Å². The number of methoxy groups -OCH3 is 1. The topological polar surface area (TPSA) is 76.7 Å². The number of hydrogen-bond acceptors (Lipinski definition) is 4. The highest BCUT2D eigenvalue weighted by molar-refractivity contribution is 6.31. The molecular weight excluding hydrogens is 367 g/mol. The maximum atomic E-state index is 12.2. The normalized spacial score (nSPS) is 15.1. The highest BCUT2D eigenvalue weighted by Gasteiger charge is 2.29. The molecule has 8 heteroatoms. The number of fused-ring (bicyclic) bond motifs is 1. The van der Waals surface area contributed by atoms with Crippen LogP contribution in [-0.4, -0.2) is 25.0 Å². The molecule has 3 rings (SSSR count). The van der Waals surface area contributed by atoms with Gasteiger partial charge in [0, 0.05) is 16.5 Å². The molecule has 0 spiro atoms. The van der Waals surface area contributed by atoms with Crippen molar-refractivity contribution in [1.29, 1.82) is 0 Å². The Bertz CT molecular complexity index is 841. The molecule has 25 heavy (non-hydrogen) atoms. The minimum atomic E-state index is -0.741. The number of amides is 2. The van der Waals surface area contributed by atoms with Gasteiger partial charge in [0.1, 0.15) is 11.5 Å². The third-order valence-electron chi connectivity index (χ3n) is 3.69. The molecule has 0 aliphatic carbocycles. The van der Waals surface area contributed by atoms with Gasteiger partial charge in [-0.05, 0) is 42.0 Å². The van der Waals surface area contributed by atoms with E-state index < -0.39 is 17.9 Å². The van der Waals surface area contributed by atoms with Crippen LogP contribution < -0.4 is 20.3 Å². The van der Waals surface area contributed by atoms with Crippen molar-refractivity contribution >= 4 is 35.0 Å². The van der Waals surface area contributed by atoms with Crippen LogP contribution in [0, 0.1) is 0 Å². The molecule has 1 aliphatic rings. The van der Waals surface area contributed by atoms with E-state index in [-0.39, 0.29) is 5.56 Å². The summed E-state index contributed by atoms with van der Waals surface area (Å²) in [5.74, 6) is -0.0735. The van der Waals surface area contributed by atoms with Gasteiger partial charge in [0.15, 0.2) is 6.10 Å². The fraction of sp³-hybridized carbons (Fsp3) is 0.176. The summed E-state index contributed by atoms with van der Waals surface area (Å²) in [5.41, 5.74) is 5.73. The van der Waals surface area contributed by atoms with Gasteiger partial charge in [-0.3, -0.25) is 20.4 Å². The Morgan fingerprint density at radius 2 is 1.84 bits per heavy atom. The number of ether oxygens (including phenoxy) is 2. The fourth-order valence-electron chi connectivity index (χ4n) is 2.49. The molecule has 1 heterocycles. The van der Waals surface area contributed by atoms with Gasteiger partial charge in [-0.15, -0.1) is 0 Å². The first kappa shape index (κ1) is 17.4. The Morgan fingerprint density at radius 3 is 2.60 bits per heavy atom. The summed E-state index contributed by atoms with van der Waals surface area (Å²) >= 11 is 11.8. The quantitative estimate of drug-likeness (QED) is 0.802. The number of hydrogen-bond donors (Lipinski definition) is 2. The molecule has 0 saturated carbocycles. The van der Waals surface area contributed by atoms with Crippen LogP contribution in [0.15, 0.2) is 36.4 Å². The minimum absolute atomic E-state index is 0.206. The predicted octanol–water partition coefficient (Wildman–Crippen LogP) is 2.77. The summed E-state index contributed by atoms with van der Waals surface area (Å²) in [4.78, 5) is 24.5. The van der Waals surface area contributed by atoms with E-state index in [0.29, 0.717) is 28.0 Å². The van der Waals surface area contributed by atoms with Crippen LogP contribution in [0.4, 0.5) is 0 Å². The smallest absolute Gasteiger partial charge is 0.279 e. The molecule has 130 valence electrons. The molecule has 0 fully saturated rings. The summed E-state index contributed by atoms with van der Waals surface area (Å²) < 4.78 is 10.7. The van der Waals surface area contributed by atoms with E-state index in [1.807, 2.05) is 0 Å². The Hall–Kier alpha value is -2.44. The van der Waals surface area contributed by atoms with Crippen LogP contribution in [0.2, 0.25) is 10.0 Å². The Kier molecular flexibility index (Phi) is 5.01. The van der Waals surface area contributed by atoms with Crippen molar-refractivity contribution in [1.82, 2.24) is 10.9 Å². The maximum Gasteiger partial charge on any atom is 0.279 e. The van der Waals surface area contributed by atoms with Crippen molar-refractivity contribution in [3.8, 4) is 11.5 Å². The zero-order chi connectivity index (χ0) is 18.0. The van der Waals surface area contributed by atoms with Gasteiger partial charge in [0.25, 0.3) is 11.8 Å². The van der Waals surface area contributed by atoms with Gasteiger partial charge in [0.05, 0.1) is 12.7 Å². The fourth-order valence-corrected chi connectivity index (χ4v) is 2.85. The first-order valence-corrected chi connectivity index (χ1v) is 8.12. The van der Waals surface area contributed by atoms with Crippen LogP contribution in [0.3, 0.4) is 0 Å². The van der Waals surface area contributed by atoms with Crippen LogP contribution in [-0.2, 0) is 11.2 Å². The van der Waals surface area contributed by atoms with Gasteiger partial charge in [0.2, 0.25) is 0 Å². The predicted molar refractivity (Wildman–Crippen MR) is 93.2 cm³/mol. The number of benzene rings is 2. The van der Waals surface area contributed by atoms with E-state index in [9.17, 15) is 9.59 Å². The third-order valence-corrected chi connectivity index (χ3v) is 4.17. The first-order chi connectivity index (χ1) is 12.0. The highest BCUT2D eigenvalue weighted by atomic mass is 35.5. The standard InChI is InChI=1S/C17H14Cl2N2O4/c1-24-14-5-3-11(19)8-12(14)16(22)20-21-17(23)15-7-9-6-10(18)2-4-13(9)25-15/h2-6,8,15H,7H2,1H3,(H,20,22)(H,21,23)/t15-/m0/s1. The summed E-state index contributed by atoms with van der Waals surface area (Å²) in [6.07, 6.45) is -0.368. The lowest BCUT2D eigenvalue weighted by atomic mass is 10.1. The molecule has 0 radical (unpaired) electrons. The third kappa shape index (κ3) is 3.81. The zero-order valence-electron chi connectivity index (χ0n) is 13.1. The second-order valence-electron chi connectivity index (χ2n) is 5.35. The SMILES string of the molecule is COc1ccc(Cl)cc1C(=O)NNC(=O)[C@@H]1Cc2cc(Cl)ccc2O1. The minimum Gasteiger partial charge on any atom is -0.496 e. The maximum absolute atomic E-state index is 12.2. The van der Waals surface area contributed by atoms with E-state index in [1.54, 1.807) is 30.3 Å². The van der Waals surface area contributed by atoms with Crippen LogP contribution >= 0.6 is 23.2 Å². The van der Waals surface area contributed by atoms with Crippen molar-refractivity contribution in [2.45, 2.75) is 12.5 Å². The number of halogens is 2. The number of nitrogens with one attached hydrogen (secondary N) is 2. The monoisotopic (exact) mass is 380 g/mol. The molecule has 0 unspecified atom stereocenters. The molecule has 2 aromatic carbocycles. The van der Waals surface area contributed by atoms with Crippen LogP contribution in [0.5, 0.6) is 11.5 Å². The van der Waals surface area contributed by atoms with E-state index in [2.05, 4.69) is 10.9 Å². The summed E-state index contributed by atoms with van der Waals surface area (Å²) in [5, 5.41) is 0.952. The van der Waals surface area contributed by atoms with E-state index >= 15 is 0 Å². The van der Waals surface area contributed by atoms with Gasteiger partial charge >= 0.3 is 0 Å². The molecule has 2 N–H and O–H groups in total. The van der Waals surface area contributed by atoms with Crippen molar-refractivity contribution in [2.75, 3.05) is 7.11 Å². The number of carbonyl (C=O) groups excluding carboxylic acids is 2. The summed E-state index contributed by atoms with van der Waals surface area (Å²) in [7, 11) is 1.44. The van der Waals surface area contributed by atoms with E-state index in [1.165, 1.54) is 13.2 Å². The zero-order valence-corrected chi connectivity index (χ0v) is 14.6. The van der Waals surface area contributed by atoms with E-state index in [0.717, 1.165) is 5.56 Å². The van der Waals surface area contributed by atoms with E-state index in [4.69, 9.17) is 32.7 Å². The average Bonchev–Trinajstić information content (AvgIpc) is 3.02. The van der Waals surface area contributed by atoms with Crippen molar-refractivity contribution in [2.24, 2.45) is 0 Å². The molecule has 1 atom stereocenters. The van der Waals surface area contributed by atoms with Gasteiger partial charge < -0.3 is 9.47 Å². The number of hydrazine groups is 1. The molecule has 0 saturated heterocycles. The Morgan fingerprint density at radius 1 is 1.12 bits per heavy atom. The van der Waals surface area contributed by atoms with Crippen molar-refractivity contribution < 1.29 is 19.1 Å². The molecule has 2 amide bonds. The van der Waals surface area contributed by atoms with Gasteiger partial charge in [-0.2, -0.15) is 0 Å². The molecule has 6 nitrogen and oxygen atoms in total. The average molecular weight is 381 g/mol. The first-order valence-electron chi connectivity index (χ1n) is 7.36. The van der Waals surface area contributed by atoms with Gasteiger partial charge in [-0.25, -0.2) is 0 Å². The molecule has 0 aromatic heterocycles. The van der Waals surface area contributed by atoms with Crippen molar-refractivity contribution in [3.63, 3.8) is 0 Å². The second-order valence-corrected chi connectivity index (χ2v) is 6.22. The number of rotatable bonds is 3. The highest BCUT2D eigenvalue weighted by Crippen LogP contribution is 2.31. The molecule has 2 aromatic rings. The van der Waals surface area contributed by atoms with Crippen LogP contribution in [0.1, 0.15) is 15.9 Å². The Balaban J connectivity index is 1.62. The lowest BCUT2D eigenvalue weighted by Gasteiger charge is -2.13. The molecular formula is C17H14Cl2N2O4. The number of carbonyl (C=O) groups is 2. The lowest BCUT2D eigenvalue weighted by Crippen LogP contribution is -2.47. The van der Waals surface area contributed by atoms with Crippen LogP contribution in [0.25, 0.3) is 0 Å². The summed E-state index contributed by atoms with van der Waals surface area (Å²) in [6, 6.07) is 9.77.